The van der Waals surface area contributed by atoms with E-state index in [2.05, 4.69) is 0 Å². The smallest absolute Gasteiger partial charge is 0.410 e. The van der Waals surface area contributed by atoms with Crippen molar-refractivity contribution in [2.45, 2.75) is 45.6 Å². The van der Waals surface area contributed by atoms with Gasteiger partial charge < -0.3 is 14.7 Å². The van der Waals surface area contributed by atoms with E-state index in [1.165, 1.54) is 12.8 Å². The van der Waals surface area contributed by atoms with Crippen LogP contribution in [0.5, 0.6) is 0 Å². The summed E-state index contributed by atoms with van der Waals surface area (Å²) in [5.74, 6) is 1.53. The minimum absolute atomic E-state index is 0.211. The third-order valence-electron chi connectivity index (χ3n) is 3.92. The second-order valence-corrected chi connectivity index (χ2v) is 6.66. The maximum atomic E-state index is 11.9. The Kier molecular flexibility index (Phi) is 3.85. The van der Waals surface area contributed by atoms with E-state index in [0.29, 0.717) is 17.8 Å². The second kappa shape index (κ2) is 5.08. The molecule has 0 aromatic carbocycles. The summed E-state index contributed by atoms with van der Waals surface area (Å²) in [6.07, 6.45) is 3.28. The first-order valence-electron chi connectivity index (χ1n) is 6.99. The lowest BCUT2D eigenvalue weighted by molar-refractivity contribution is 0.0276. The number of rotatable bonds is 3. The third kappa shape index (κ3) is 3.37. The number of likely N-dealkylation sites (tertiary alicyclic amines) is 1. The summed E-state index contributed by atoms with van der Waals surface area (Å²) in [6.45, 7) is 7.44. The summed E-state index contributed by atoms with van der Waals surface area (Å²) >= 11 is 0. The van der Waals surface area contributed by atoms with Crippen molar-refractivity contribution in [2.24, 2.45) is 17.8 Å². The van der Waals surface area contributed by atoms with E-state index in [1.54, 1.807) is 4.90 Å². The van der Waals surface area contributed by atoms with Gasteiger partial charge in [0.25, 0.3) is 0 Å². The molecule has 0 spiro atoms. The van der Waals surface area contributed by atoms with Crippen molar-refractivity contribution >= 4 is 6.09 Å². The highest BCUT2D eigenvalue weighted by Crippen LogP contribution is 2.42. The zero-order valence-electron chi connectivity index (χ0n) is 11.7. The summed E-state index contributed by atoms with van der Waals surface area (Å²) < 4.78 is 5.38. The highest BCUT2D eigenvalue weighted by molar-refractivity contribution is 5.68. The fourth-order valence-corrected chi connectivity index (χ4v) is 2.84. The average molecular weight is 255 g/mol. The van der Waals surface area contributed by atoms with Crippen LogP contribution in [0.25, 0.3) is 0 Å². The lowest BCUT2D eigenvalue weighted by atomic mass is 9.88. The van der Waals surface area contributed by atoms with Gasteiger partial charge in [-0.3, -0.25) is 0 Å². The van der Waals surface area contributed by atoms with E-state index in [1.807, 2.05) is 20.8 Å². The lowest BCUT2D eigenvalue weighted by Crippen LogP contribution is -2.36. The van der Waals surface area contributed by atoms with Crippen LogP contribution in [0.2, 0.25) is 0 Å². The minimum atomic E-state index is -0.429. The molecule has 2 unspecified atom stereocenters. The molecule has 1 saturated heterocycles. The average Bonchev–Trinajstić information content (AvgIpc) is 2.94. The largest absolute Gasteiger partial charge is 0.444 e. The first-order valence-corrected chi connectivity index (χ1v) is 6.99. The number of hydrogen-bond acceptors (Lipinski definition) is 3. The SMILES string of the molecule is CC(C)(C)OC(=O)N1CCC(C(CO)C2CC2)C1. The van der Waals surface area contributed by atoms with E-state index in [9.17, 15) is 9.90 Å². The molecule has 4 nitrogen and oxygen atoms in total. The summed E-state index contributed by atoms with van der Waals surface area (Å²) in [4.78, 5) is 13.7. The van der Waals surface area contributed by atoms with Crippen LogP contribution in [0, 0.1) is 17.8 Å². The number of amides is 1. The lowest BCUT2D eigenvalue weighted by Gasteiger charge is -2.25. The van der Waals surface area contributed by atoms with E-state index < -0.39 is 5.60 Å². The van der Waals surface area contributed by atoms with E-state index in [-0.39, 0.29) is 12.7 Å². The Labute approximate surface area is 109 Å². The molecule has 0 radical (unpaired) electrons. The molecule has 1 aliphatic carbocycles. The van der Waals surface area contributed by atoms with Gasteiger partial charge in [0.2, 0.25) is 0 Å². The number of aliphatic hydroxyl groups is 1. The van der Waals surface area contributed by atoms with Crippen LogP contribution in [0.4, 0.5) is 4.79 Å². The Bertz CT molecular complexity index is 307. The fraction of sp³-hybridized carbons (Fsp3) is 0.929. The van der Waals surface area contributed by atoms with Gasteiger partial charge in [0.15, 0.2) is 0 Å². The molecule has 1 heterocycles. The molecule has 1 saturated carbocycles. The van der Waals surface area contributed by atoms with Gasteiger partial charge in [0, 0.05) is 19.7 Å². The quantitative estimate of drug-likeness (QED) is 0.841. The van der Waals surface area contributed by atoms with Gasteiger partial charge >= 0.3 is 6.09 Å². The van der Waals surface area contributed by atoms with E-state index >= 15 is 0 Å². The van der Waals surface area contributed by atoms with Crippen molar-refractivity contribution in [3.8, 4) is 0 Å². The Morgan fingerprint density at radius 3 is 2.50 bits per heavy atom. The molecule has 0 bridgehead atoms. The molecule has 2 atom stereocenters. The Morgan fingerprint density at radius 1 is 1.33 bits per heavy atom. The zero-order chi connectivity index (χ0) is 13.3. The summed E-state index contributed by atoms with van der Waals surface area (Å²) in [5, 5.41) is 9.47. The molecular weight excluding hydrogens is 230 g/mol. The van der Waals surface area contributed by atoms with Gasteiger partial charge in [-0.1, -0.05) is 0 Å². The van der Waals surface area contributed by atoms with Gasteiger partial charge in [0.05, 0.1) is 0 Å². The van der Waals surface area contributed by atoms with Crippen LogP contribution in [0.3, 0.4) is 0 Å². The van der Waals surface area contributed by atoms with Crippen molar-refractivity contribution in [3.63, 3.8) is 0 Å². The van der Waals surface area contributed by atoms with Crippen LogP contribution in [0.1, 0.15) is 40.0 Å². The van der Waals surface area contributed by atoms with Crippen LogP contribution in [0.15, 0.2) is 0 Å². The monoisotopic (exact) mass is 255 g/mol. The van der Waals surface area contributed by atoms with E-state index in [0.717, 1.165) is 19.5 Å². The van der Waals surface area contributed by atoms with Gasteiger partial charge in [-0.15, -0.1) is 0 Å². The standard InChI is InChI=1S/C14H25NO3/c1-14(2,3)18-13(17)15-7-6-11(8-15)12(9-16)10-4-5-10/h10-12,16H,4-9H2,1-3H3. The Hall–Kier alpha value is -0.770. The molecule has 1 amide bonds. The molecule has 18 heavy (non-hydrogen) atoms. The number of carbonyl (C=O) groups excluding carboxylic acids is 1. The van der Waals surface area contributed by atoms with Gasteiger partial charge in [0.1, 0.15) is 5.60 Å². The van der Waals surface area contributed by atoms with Crippen LogP contribution < -0.4 is 0 Å². The Morgan fingerprint density at radius 2 is 2.00 bits per heavy atom. The summed E-state index contributed by atoms with van der Waals surface area (Å²) in [5.41, 5.74) is -0.429. The maximum Gasteiger partial charge on any atom is 0.410 e. The third-order valence-corrected chi connectivity index (χ3v) is 3.92. The molecule has 4 heteroatoms. The van der Waals surface area contributed by atoms with Gasteiger partial charge in [-0.2, -0.15) is 0 Å². The number of hydrogen-bond donors (Lipinski definition) is 1. The number of ether oxygens (including phenoxy) is 1. The summed E-state index contributed by atoms with van der Waals surface area (Å²) in [6, 6.07) is 0. The number of carbonyl (C=O) groups is 1. The highest BCUT2D eigenvalue weighted by Gasteiger charge is 2.40. The predicted molar refractivity (Wildman–Crippen MR) is 69.2 cm³/mol. The first-order chi connectivity index (χ1) is 8.40. The molecule has 0 aromatic rings. The highest BCUT2D eigenvalue weighted by atomic mass is 16.6. The molecule has 1 N–H and O–H groups in total. The molecular formula is C14H25NO3. The zero-order valence-corrected chi connectivity index (χ0v) is 11.7. The number of nitrogens with zero attached hydrogens (tertiary/aromatic N) is 1. The van der Waals surface area contributed by atoms with Crippen LogP contribution in [-0.4, -0.2) is 41.4 Å². The van der Waals surface area contributed by atoms with Crippen molar-refractivity contribution in [3.05, 3.63) is 0 Å². The molecule has 0 aromatic heterocycles. The molecule has 2 aliphatic rings. The normalized spacial score (nSPS) is 26.2. The van der Waals surface area contributed by atoms with Crippen LogP contribution >= 0.6 is 0 Å². The molecule has 2 rings (SSSR count). The summed E-state index contributed by atoms with van der Waals surface area (Å²) in [7, 11) is 0. The topological polar surface area (TPSA) is 49.8 Å². The van der Waals surface area contributed by atoms with E-state index in [4.69, 9.17) is 4.74 Å². The van der Waals surface area contributed by atoms with Crippen LogP contribution in [-0.2, 0) is 4.74 Å². The number of aliphatic hydroxyl groups excluding tert-OH is 1. The molecule has 1 aliphatic heterocycles. The predicted octanol–water partition coefficient (Wildman–Crippen LogP) is 2.26. The van der Waals surface area contributed by atoms with Crippen molar-refractivity contribution in [2.75, 3.05) is 19.7 Å². The van der Waals surface area contributed by atoms with Crippen molar-refractivity contribution in [1.82, 2.24) is 4.90 Å². The van der Waals surface area contributed by atoms with Gasteiger partial charge in [-0.25, -0.2) is 4.79 Å². The molecule has 104 valence electrons. The fourth-order valence-electron chi connectivity index (χ4n) is 2.84. The molecule has 2 fully saturated rings. The maximum absolute atomic E-state index is 11.9. The Balaban J connectivity index is 1.85. The van der Waals surface area contributed by atoms with Crippen molar-refractivity contribution < 1.29 is 14.6 Å². The second-order valence-electron chi connectivity index (χ2n) is 6.66. The first kappa shape index (κ1) is 13.7. The van der Waals surface area contributed by atoms with Crippen molar-refractivity contribution in [1.29, 1.82) is 0 Å². The minimum Gasteiger partial charge on any atom is -0.444 e. The van der Waals surface area contributed by atoms with Gasteiger partial charge in [-0.05, 0) is 57.8 Å².